The Hall–Kier alpha value is -1.55. The minimum absolute atomic E-state index is 0.0617. The second kappa shape index (κ2) is 6.06. The summed E-state index contributed by atoms with van der Waals surface area (Å²) in [5.74, 6) is 2.62. The Kier molecular flexibility index (Phi) is 4.15. The van der Waals surface area contributed by atoms with E-state index >= 15 is 0 Å². The predicted octanol–water partition coefficient (Wildman–Crippen LogP) is 1.93. The van der Waals surface area contributed by atoms with Crippen LogP contribution in [0.5, 0.6) is 5.75 Å². The van der Waals surface area contributed by atoms with Crippen molar-refractivity contribution in [3.05, 3.63) is 30.3 Å². The molecule has 4 heteroatoms. The molecular formula is C17H25N3O. The first kappa shape index (κ1) is 14.4. The van der Waals surface area contributed by atoms with Crippen LogP contribution in [0.1, 0.15) is 13.8 Å². The number of hydrogen-bond donors (Lipinski definition) is 2. The van der Waals surface area contributed by atoms with Crippen molar-refractivity contribution in [1.82, 2.24) is 10.6 Å². The van der Waals surface area contributed by atoms with Gasteiger partial charge in [-0.25, -0.2) is 0 Å². The summed E-state index contributed by atoms with van der Waals surface area (Å²) in [6, 6.07) is 10.1. The number of rotatable bonds is 4. The third-order valence-corrected chi connectivity index (χ3v) is 4.84. The van der Waals surface area contributed by atoms with Gasteiger partial charge >= 0.3 is 0 Å². The Morgan fingerprint density at radius 3 is 2.81 bits per heavy atom. The van der Waals surface area contributed by atoms with Crippen LogP contribution in [0.25, 0.3) is 0 Å². The first-order valence-electron chi connectivity index (χ1n) is 7.83. The summed E-state index contributed by atoms with van der Waals surface area (Å²) < 4.78 is 6.02. The molecule has 4 unspecified atom stereocenters. The zero-order valence-electron chi connectivity index (χ0n) is 12.9. The number of hydrogen-bond acceptors (Lipinski definition) is 4. The van der Waals surface area contributed by atoms with E-state index in [-0.39, 0.29) is 5.54 Å². The minimum Gasteiger partial charge on any atom is -0.493 e. The highest BCUT2D eigenvalue weighted by Crippen LogP contribution is 2.36. The standard InChI is InChI=1S/C17H25N3O/c1-13-8-18-9-14(10-21-15-6-4-3-5-7-15)16(13)17(2)11-19-12-20-17/h3-7,12-14,16,18H,8-11H2,1-2H3,(H,19,20). The fourth-order valence-electron chi connectivity index (χ4n) is 3.92. The predicted molar refractivity (Wildman–Crippen MR) is 85.9 cm³/mol. The van der Waals surface area contributed by atoms with Crippen LogP contribution in [0.4, 0.5) is 0 Å². The van der Waals surface area contributed by atoms with Crippen molar-refractivity contribution in [2.75, 3.05) is 26.2 Å². The number of nitrogens with zero attached hydrogens (tertiary/aromatic N) is 1. The zero-order chi connectivity index (χ0) is 14.7. The maximum Gasteiger partial charge on any atom is 0.119 e. The van der Waals surface area contributed by atoms with E-state index < -0.39 is 0 Å². The molecule has 1 aromatic carbocycles. The molecule has 2 aliphatic heterocycles. The molecule has 0 aromatic heterocycles. The summed E-state index contributed by atoms with van der Waals surface area (Å²) in [5, 5.41) is 7.03. The number of benzene rings is 1. The summed E-state index contributed by atoms with van der Waals surface area (Å²) in [4.78, 5) is 4.40. The quantitative estimate of drug-likeness (QED) is 0.889. The Morgan fingerprint density at radius 1 is 1.29 bits per heavy atom. The molecule has 4 nitrogen and oxygen atoms in total. The van der Waals surface area contributed by atoms with Crippen LogP contribution in [0.2, 0.25) is 0 Å². The van der Waals surface area contributed by atoms with Gasteiger partial charge in [0.25, 0.3) is 0 Å². The van der Waals surface area contributed by atoms with Gasteiger partial charge in [0.1, 0.15) is 5.75 Å². The first-order valence-corrected chi connectivity index (χ1v) is 7.83. The van der Waals surface area contributed by atoms with Gasteiger partial charge in [0.15, 0.2) is 0 Å². The number of nitrogens with one attached hydrogen (secondary N) is 2. The smallest absolute Gasteiger partial charge is 0.119 e. The molecule has 0 radical (unpaired) electrons. The zero-order valence-corrected chi connectivity index (χ0v) is 12.9. The number of piperidine rings is 1. The maximum atomic E-state index is 6.02. The average Bonchev–Trinajstić information content (AvgIpc) is 2.93. The molecule has 0 saturated carbocycles. The SMILES string of the molecule is CC1CNCC(COc2ccccc2)C1C1(C)CN=CN1. The van der Waals surface area contributed by atoms with Crippen LogP contribution in [-0.2, 0) is 0 Å². The molecular weight excluding hydrogens is 262 g/mol. The number of ether oxygens (including phenoxy) is 1. The lowest BCUT2D eigenvalue weighted by atomic mass is 9.68. The molecule has 0 amide bonds. The van der Waals surface area contributed by atoms with E-state index in [9.17, 15) is 0 Å². The molecule has 21 heavy (non-hydrogen) atoms. The van der Waals surface area contributed by atoms with Crippen molar-refractivity contribution in [3.63, 3.8) is 0 Å². The van der Waals surface area contributed by atoms with E-state index in [4.69, 9.17) is 4.74 Å². The molecule has 2 heterocycles. The molecule has 2 aliphatic rings. The van der Waals surface area contributed by atoms with Crippen LogP contribution in [-0.4, -0.2) is 38.1 Å². The van der Waals surface area contributed by atoms with Gasteiger partial charge in [0.05, 0.1) is 25.0 Å². The van der Waals surface area contributed by atoms with Crippen molar-refractivity contribution in [2.24, 2.45) is 22.7 Å². The summed E-state index contributed by atoms with van der Waals surface area (Å²) >= 11 is 0. The molecule has 1 saturated heterocycles. The van der Waals surface area contributed by atoms with E-state index in [1.54, 1.807) is 0 Å². The third-order valence-electron chi connectivity index (χ3n) is 4.84. The van der Waals surface area contributed by atoms with Gasteiger partial charge in [-0.05, 0) is 37.4 Å². The Morgan fingerprint density at radius 2 is 2.10 bits per heavy atom. The molecule has 1 fully saturated rings. The lowest BCUT2D eigenvalue weighted by Crippen LogP contribution is -2.59. The Labute approximate surface area is 127 Å². The number of para-hydroxylation sites is 1. The highest BCUT2D eigenvalue weighted by atomic mass is 16.5. The van der Waals surface area contributed by atoms with Crippen molar-refractivity contribution in [2.45, 2.75) is 19.4 Å². The number of aliphatic imine (C=N–C) groups is 1. The van der Waals surface area contributed by atoms with E-state index in [1.165, 1.54) is 0 Å². The molecule has 2 N–H and O–H groups in total. The molecule has 4 atom stereocenters. The lowest BCUT2D eigenvalue weighted by molar-refractivity contribution is 0.0634. The normalized spacial score (nSPS) is 35.4. The van der Waals surface area contributed by atoms with Crippen molar-refractivity contribution >= 4 is 6.34 Å². The molecule has 3 rings (SSSR count). The van der Waals surface area contributed by atoms with Crippen molar-refractivity contribution < 1.29 is 4.74 Å². The van der Waals surface area contributed by atoms with Crippen LogP contribution < -0.4 is 15.4 Å². The van der Waals surface area contributed by atoms with Gasteiger partial charge in [-0.1, -0.05) is 25.1 Å². The van der Waals surface area contributed by atoms with Gasteiger partial charge in [-0.3, -0.25) is 4.99 Å². The summed E-state index contributed by atoms with van der Waals surface area (Å²) in [6.07, 6.45) is 1.86. The van der Waals surface area contributed by atoms with Gasteiger partial charge in [0, 0.05) is 12.5 Å². The van der Waals surface area contributed by atoms with Gasteiger partial charge in [0.2, 0.25) is 0 Å². The first-order chi connectivity index (χ1) is 10.2. The highest BCUT2D eigenvalue weighted by Gasteiger charge is 2.45. The van der Waals surface area contributed by atoms with Crippen molar-refractivity contribution in [1.29, 1.82) is 0 Å². The topological polar surface area (TPSA) is 45.6 Å². The van der Waals surface area contributed by atoms with Gasteiger partial charge in [-0.15, -0.1) is 0 Å². The van der Waals surface area contributed by atoms with Crippen LogP contribution in [0.3, 0.4) is 0 Å². The highest BCUT2D eigenvalue weighted by molar-refractivity contribution is 5.59. The Balaban J connectivity index is 1.69. The molecule has 0 bridgehead atoms. The average molecular weight is 287 g/mol. The molecule has 0 aliphatic carbocycles. The fraction of sp³-hybridized carbons (Fsp3) is 0.588. The largest absolute Gasteiger partial charge is 0.493 e. The van der Waals surface area contributed by atoms with Crippen LogP contribution in [0.15, 0.2) is 35.3 Å². The summed E-state index contributed by atoms with van der Waals surface area (Å²) in [5.41, 5.74) is 0.0617. The van der Waals surface area contributed by atoms with Crippen LogP contribution >= 0.6 is 0 Å². The van der Waals surface area contributed by atoms with E-state index in [2.05, 4.69) is 29.5 Å². The van der Waals surface area contributed by atoms with E-state index in [1.807, 2.05) is 36.7 Å². The second-order valence-electron chi connectivity index (χ2n) is 6.58. The third kappa shape index (κ3) is 3.05. The van der Waals surface area contributed by atoms with Crippen LogP contribution in [0, 0.1) is 17.8 Å². The summed E-state index contributed by atoms with van der Waals surface area (Å²) in [7, 11) is 0. The van der Waals surface area contributed by atoms with E-state index in [0.29, 0.717) is 17.8 Å². The fourth-order valence-corrected chi connectivity index (χ4v) is 3.92. The van der Waals surface area contributed by atoms with Gasteiger partial charge < -0.3 is 15.4 Å². The molecule has 0 spiro atoms. The second-order valence-corrected chi connectivity index (χ2v) is 6.58. The minimum atomic E-state index is 0.0617. The van der Waals surface area contributed by atoms with Gasteiger partial charge in [-0.2, -0.15) is 0 Å². The lowest BCUT2D eigenvalue weighted by Gasteiger charge is -2.45. The maximum absolute atomic E-state index is 6.02. The monoisotopic (exact) mass is 287 g/mol. The van der Waals surface area contributed by atoms with Crippen molar-refractivity contribution in [3.8, 4) is 5.75 Å². The molecule has 114 valence electrons. The molecule has 1 aromatic rings. The summed E-state index contributed by atoms with van der Waals surface area (Å²) in [6.45, 7) is 8.33. The Bertz CT molecular complexity index is 480. The van der Waals surface area contributed by atoms with E-state index in [0.717, 1.165) is 32.0 Å².